The third-order valence-electron chi connectivity index (χ3n) is 5.07. The maximum Gasteiger partial charge on any atom is 0.325 e. The number of nitrogens with zero attached hydrogens (tertiary/aromatic N) is 1. The smallest absolute Gasteiger partial charge is 0.325 e. The van der Waals surface area contributed by atoms with E-state index < -0.39 is 36.0 Å². The molecule has 3 rings (SSSR count). The van der Waals surface area contributed by atoms with Gasteiger partial charge >= 0.3 is 6.03 Å². The Bertz CT molecular complexity index is 794. The number of carbonyl (C=O) groups is 4. The van der Waals surface area contributed by atoms with Crippen LogP contribution in [0.4, 0.5) is 4.79 Å². The lowest BCUT2D eigenvalue weighted by Gasteiger charge is -2.33. The first-order valence-corrected chi connectivity index (χ1v) is 9.18. The average Bonchev–Trinajstić information content (AvgIpc) is 2.87. The standard InChI is InChI=1S/C19H24N4O4/c1-3-20-16(25)12(2)21-15(24)11-23-17(26)19(22-18(23)27)10-6-8-13-7-4-5-9-14(13)19/h4-5,7,9,12H,3,6,8,10-11H2,1-2H3,(H,20,25)(H,21,24)(H,22,27)/t12-,19-/m1/s1. The Hall–Kier alpha value is -2.90. The Morgan fingerprint density at radius 1 is 1.30 bits per heavy atom. The summed E-state index contributed by atoms with van der Waals surface area (Å²) in [6.45, 7) is 3.36. The summed E-state index contributed by atoms with van der Waals surface area (Å²) in [5.74, 6) is -1.29. The quantitative estimate of drug-likeness (QED) is 0.651. The van der Waals surface area contributed by atoms with Gasteiger partial charge in [-0.3, -0.25) is 19.3 Å². The summed E-state index contributed by atoms with van der Waals surface area (Å²) >= 11 is 0. The molecular formula is C19H24N4O4. The van der Waals surface area contributed by atoms with Crippen LogP contribution >= 0.6 is 0 Å². The van der Waals surface area contributed by atoms with Crippen LogP contribution in [-0.2, 0) is 26.3 Å². The Labute approximate surface area is 157 Å². The molecule has 3 N–H and O–H groups in total. The fourth-order valence-electron chi connectivity index (χ4n) is 3.78. The van der Waals surface area contributed by atoms with E-state index in [4.69, 9.17) is 0 Å². The fourth-order valence-corrected chi connectivity index (χ4v) is 3.78. The van der Waals surface area contributed by atoms with E-state index in [9.17, 15) is 19.2 Å². The third-order valence-corrected chi connectivity index (χ3v) is 5.07. The zero-order valence-electron chi connectivity index (χ0n) is 15.5. The highest BCUT2D eigenvalue weighted by atomic mass is 16.2. The summed E-state index contributed by atoms with van der Waals surface area (Å²) in [5, 5.41) is 7.93. The molecule has 0 unspecified atom stereocenters. The molecule has 0 aromatic heterocycles. The molecule has 1 aliphatic carbocycles. The van der Waals surface area contributed by atoms with Crippen LogP contribution < -0.4 is 16.0 Å². The van der Waals surface area contributed by atoms with Crippen molar-refractivity contribution >= 4 is 23.8 Å². The van der Waals surface area contributed by atoms with Gasteiger partial charge in [0.25, 0.3) is 5.91 Å². The van der Waals surface area contributed by atoms with Crippen LogP contribution in [0.2, 0.25) is 0 Å². The topological polar surface area (TPSA) is 108 Å². The van der Waals surface area contributed by atoms with Crippen molar-refractivity contribution in [3.05, 3.63) is 35.4 Å². The zero-order chi connectivity index (χ0) is 19.6. The molecule has 1 aliphatic heterocycles. The molecule has 1 aromatic carbocycles. The highest BCUT2D eigenvalue weighted by molar-refractivity contribution is 6.09. The van der Waals surface area contributed by atoms with Gasteiger partial charge < -0.3 is 16.0 Å². The second-order valence-electron chi connectivity index (χ2n) is 6.92. The number of hydrogen-bond donors (Lipinski definition) is 3. The summed E-state index contributed by atoms with van der Waals surface area (Å²) in [5.41, 5.74) is 0.735. The molecule has 27 heavy (non-hydrogen) atoms. The minimum Gasteiger partial charge on any atom is -0.355 e. The Balaban J connectivity index is 1.74. The molecule has 0 bridgehead atoms. The first-order valence-electron chi connectivity index (χ1n) is 9.18. The van der Waals surface area contributed by atoms with E-state index in [0.717, 1.165) is 28.9 Å². The van der Waals surface area contributed by atoms with Crippen LogP contribution in [0.25, 0.3) is 0 Å². The predicted molar refractivity (Wildman–Crippen MR) is 97.6 cm³/mol. The van der Waals surface area contributed by atoms with Gasteiger partial charge in [-0.15, -0.1) is 0 Å². The first-order chi connectivity index (χ1) is 12.9. The second-order valence-corrected chi connectivity index (χ2v) is 6.92. The molecular weight excluding hydrogens is 348 g/mol. The van der Waals surface area contributed by atoms with Gasteiger partial charge in [-0.25, -0.2) is 4.79 Å². The molecule has 1 fully saturated rings. The van der Waals surface area contributed by atoms with E-state index in [1.807, 2.05) is 24.3 Å². The molecule has 8 nitrogen and oxygen atoms in total. The number of likely N-dealkylation sites (N-methyl/N-ethyl adjacent to an activating group) is 1. The van der Waals surface area contributed by atoms with Crippen LogP contribution in [0.5, 0.6) is 0 Å². The minimum absolute atomic E-state index is 0.319. The number of rotatable bonds is 5. The van der Waals surface area contributed by atoms with Crippen molar-refractivity contribution < 1.29 is 19.2 Å². The van der Waals surface area contributed by atoms with Gasteiger partial charge in [0.2, 0.25) is 11.8 Å². The lowest BCUT2D eigenvalue weighted by atomic mass is 9.76. The molecule has 1 saturated heterocycles. The van der Waals surface area contributed by atoms with Gasteiger partial charge in [-0.05, 0) is 44.2 Å². The largest absolute Gasteiger partial charge is 0.355 e. The second kappa shape index (κ2) is 7.38. The summed E-state index contributed by atoms with van der Waals surface area (Å²) in [4.78, 5) is 50.5. The number of nitrogens with one attached hydrogen (secondary N) is 3. The maximum absolute atomic E-state index is 13.1. The SMILES string of the molecule is CCNC(=O)[C@@H](C)NC(=O)CN1C(=O)N[C@@]2(CCCc3ccccc32)C1=O. The molecule has 0 saturated carbocycles. The lowest BCUT2D eigenvalue weighted by Crippen LogP contribution is -2.50. The summed E-state index contributed by atoms with van der Waals surface area (Å²) < 4.78 is 0. The summed E-state index contributed by atoms with van der Waals surface area (Å²) in [7, 11) is 0. The molecule has 1 spiro atoms. The van der Waals surface area contributed by atoms with Crippen molar-refractivity contribution in [2.45, 2.75) is 44.7 Å². The number of imide groups is 1. The van der Waals surface area contributed by atoms with Gasteiger partial charge in [-0.2, -0.15) is 0 Å². The van der Waals surface area contributed by atoms with Crippen molar-refractivity contribution in [3.63, 3.8) is 0 Å². The van der Waals surface area contributed by atoms with E-state index in [-0.39, 0.29) is 5.91 Å². The minimum atomic E-state index is -1.10. The number of amides is 5. The number of benzene rings is 1. The van der Waals surface area contributed by atoms with Gasteiger partial charge in [0.1, 0.15) is 18.1 Å². The van der Waals surface area contributed by atoms with Crippen molar-refractivity contribution in [2.24, 2.45) is 0 Å². The van der Waals surface area contributed by atoms with Gasteiger partial charge in [0, 0.05) is 6.54 Å². The Morgan fingerprint density at radius 3 is 2.78 bits per heavy atom. The highest BCUT2D eigenvalue weighted by Crippen LogP contribution is 2.39. The van der Waals surface area contributed by atoms with E-state index >= 15 is 0 Å². The Morgan fingerprint density at radius 2 is 2.04 bits per heavy atom. The van der Waals surface area contributed by atoms with Gasteiger partial charge in [-0.1, -0.05) is 24.3 Å². The predicted octanol–water partition coefficient (Wildman–Crippen LogP) is 0.411. The average molecular weight is 372 g/mol. The van der Waals surface area contributed by atoms with Crippen molar-refractivity contribution in [1.82, 2.24) is 20.9 Å². The number of hydrogen-bond acceptors (Lipinski definition) is 4. The van der Waals surface area contributed by atoms with Gasteiger partial charge in [0.15, 0.2) is 0 Å². The third kappa shape index (κ3) is 3.39. The van der Waals surface area contributed by atoms with Gasteiger partial charge in [0.05, 0.1) is 0 Å². The fraction of sp³-hybridized carbons (Fsp3) is 0.474. The van der Waals surface area contributed by atoms with Crippen molar-refractivity contribution in [2.75, 3.05) is 13.1 Å². The van der Waals surface area contributed by atoms with Crippen LogP contribution in [0.15, 0.2) is 24.3 Å². The first kappa shape index (κ1) is 18.9. The lowest BCUT2D eigenvalue weighted by molar-refractivity contribution is -0.136. The monoisotopic (exact) mass is 372 g/mol. The Kier molecular flexibility index (Phi) is 5.16. The van der Waals surface area contributed by atoms with Crippen LogP contribution in [0.1, 0.15) is 37.8 Å². The molecule has 1 aromatic rings. The summed E-state index contributed by atoms with van der Waals surface area (Å²) in [6.07, 6.45) is 2.13. The van der Waals surface area contributed by atoms with Crippen molar-refractivity contribution in [1.29, 1.82) is 0 Å². The van der Waals surface area contributed by atoms with E-state index in [1.54, 1.807) is 13.8 Å². The molecule has 0 radical (unpaired) electrons. The maximum atomic E-state index is 13.1. The summed E-state index contributed by atoms with van der Waals surface area (Å²) in [6, 6.07) is 6.23. The number of carbonyl (C=O) groups excluding carboxylic acids is 4. The van der Waals surface area contributed by atoms with E-state index in [1.165, 1.54) is 0 Å². The number of aryl methyl sites for hydroxylation is 1. The molecule has 2 atom stereocenters. The molecule has 5 amide bonds. The van der Waals surface area contributed by atoms with E-state index in [0.29, 0.717) is 13.0 Å². The van der Waals surface area contributed by atoms with Crippen LogP contribution in [0.3, 0.4) is 0 Å². The van der Waals surface area contributed by atoms with E-state index in [2.05, 4.69) is 16.0 Å². The zero-order valence-corrected chi connectivity index (χ0v) is 15.5. The molecule has 144 valence electrons. The normalized spacial score (nSPS) is 22.2. The molecule has 1 heterocycles. The van der Waals surface area contributed by atoms with Crippen LogP contribution in [0, 0.1) is 0 Å². The molecule has 2 aliphatic rings. The number of urea groups is 1. The molecule has 8 heteroatoms. The van der Waals surface area contributed by atoms with Crippen LogP contribution in [-0.4, -0.2) is 47.8 Å². The number of fused-ring (bicyclic) bond motifs is 2. The highest BCUT2D eigenvalue weighted by Gasteiger charge is 2.54. The van der Waals surface area contributed by atoms with Crippen molar-refractivity contribution in [3.8, 4) is 0 Å².